The number of ether oxygens (including phenoxy) is 1. The van der Waals surface area contributed by atoms with Gasteiger partial charge in [0.2, 0.25) is 0 Å². The van der Waals surface area contributed by atoms with Crippen LogP contribution >= 0.6 is 0 Å². The highest BCUT2D eigenvalue weighted by Gasteiger charge is 2.30. The van der Waals surface area contributed by atoms with Crippen molar-refractivity contribution < 1.29 is 19.2 Å². The number of aryl methyl sites for hydroxylation is 1. The van der Waals surface area contributed by atoms with Crippen LogP contribution in [0.3, 0.4) is 0 Å². The largest absolute Gasteiger partial charge is 0.455 e. The number of fused-ring (bicyclic) bond motifs is 1. The van der Waals surface area contributed by atoms with Gasteiger partial charge in [0.15, 0.2) is 6.61 Å². The molecule has 1 fully saturated rings. The number of amides is 1. The fraction of sp³-hybridized carbons (Fsp3) is 0.391. The Hall–Kier alpha value is -3.42. The maximum absolute atomic E-state index is 12.7. The van der Waals surface area contributed by atoms with Crippen LogP contribution in [-0.2, 0) is 20.7 Å². The second kappa shape index (κ2) is 9.16. The average molecular weight is 423 g/mol. The zero-order valence-corrected chi connectivity index (χ0v) is 17.2. The van der Waals surface area contributed by atoms with Crippen LogP contribution in [0.15, 0.2) is 48.5 Å². The molecule has 0 aromatic heterocycles. The number of carbonyl (C=O) groups excluding carboxylic acids is 2. The fourth-order valence-corrected chi connectivity index (χ4v) is 4.36. The summed E-state index contributed by atoms with van der Waals surface area (Å²) in [4.78, 5) is 39.7. The van der Waals surface area contributed by atoms with Crippen LogP contribution in [0.1, 0.15) is 24.8 Å². The SMILES string of the molecule is O=C(OCC(=O)N1CCCc2ccccc21)C1CCN(c2ccccc2[N+](=O)[O-])CC1. The second-order valence-corrected chi connectivity index (χ2v) is 7.89. The Balaban J connectivity index is 1.30. The first kappa shape index (κ1) is 20.8. The standard InChI is InChI=1S/C23H25N3O5/c27-22(25-13-5-7-17-6-1-2-8-19(17)25)16-31-23(28)18-11-14-24(15-12-18)20-9-3-4-10-21(20)26(29)30/h1-4,6,8-10,18H,5,7,11-16H2. The number of para-hydroxylation sites is 3. The highest BCUT2D eigenvalue weighted by Crippen LogP contribution is 2.31. The number of nitro benzene ring substituents is 1. The number of nitro groups is 1. The lowest BCUT2D eigenvalue weighted by Crippen LogP contribution is -2.40. The molecule has 31 heavy (non-hydrogen) atoms. The van der Waals surface area contributed by atoms with Crippen molar-refractivity contribution in [3.05, 3.63) is 64.2 Å². The van der Waals surface area contributed by atoms with Crippen molar-refractivity contribution in [2.45, 2.75) is 25.7 Å². The number of hydrogen-bond donors (Lipinski definition) is 0. The van der Waals surface area contributed by atoms with Crippen molar-refractivity contribution in [2.75, 3.05) is 36.0 Å². The molecule has 2 aromatic carbocycles. The van der Waals surface area contributed by atoms with Gasteiger partial charge >= 0.3 is 5.97 Å². The average Bonchev–Trinajstić information content (AvgIpc) is 2.82. The molecule has 2 heterocycles. The number of hydrogen-bond acceptors (Lipinski definition) is 6. The van der Waals surface area contributed by atoms with E-state index in [0.29, 0.717) is 38.2 Å². The maximum atomic E-state index is 12.7. The minimum absolute atomic E-state index is 0.0657. The molecule has 0 radical (unpaired) electrons. The van der Waals surface area contributed by atoms with Gasteiger partial charge in [-0.05, 0) is 43.4 Å². The molecule has 2 aliphatic rings. The van der Waals surface area contributed by atoms with Gasteiger partial charge in [-0.15, -0.1) is 0 Å². The van der Waals surface area contributed by atoms with Gasteiger partial charge in [0, 0.05) is 31.4 Å². The number of rotatable bonds is 5. The number of esters is 1. The summed E-state index contributed by atoms with van der Waals surface area (Å²) < 4.78 is 5.36. The molecular weight excluding hydrogens is 398 g/mol. The van der Waals surface area contributed by atoms with Crippen molar-refractivity contribution >= 4 is 28.9 Å². The molecule has 1 amide bonds. The van der Waals surface area contributed by atoms with Crippen LogP contribution in [0.25, 0.3) is 0 Å². The Labute approximate surface area is 180 Å². The van der Waals surface area contributed by atoms with Crippen molar-refractivity contribution in [1.29, 1.82) is 0 Å². The van der Waals surface area contributed by atoms with Gasteiger partial charge in [0.25, 0.3) is 11.6 Å². The summed E-state index contributed by atoms with van der Waals surface area (Å²) in [5.41, 5.74) is 2.66. The first-order valence-electron chi connectivity index (χ1n) is 10.6. The molecule has 0 aliphatic carbocycles. The Kier molecular flexibility index (Phi) is 6.16. The lowest BCUT2D eigenvalue weighted by Gasteiger charge is -2.32. The maximum Gasteiger partial charge on any atom is 0.309 e. The number of anilines is 2. The van der Waals surface area contributed by atoms with E-state index in [9.17, 15) is 19.7 Å². The van der Waals surface area contributed by atoms with E-state index in [1.807, 2.05) is 29.2 Å². The van der Waals surface area contributed by atoms with Gasteiger partial charge in [-0.25, -0.2) is 0 Å². The monoisotopic (exact) mass is 423 g/mol. The quantitative estimate of drug-likeness (QED) is 0.416. The molecule has 0 atom stereocenters. The van der Waals surface area contributed by atoms with Crippen molar-refractivity contribution in [3.63, 3.8) is 0 Å². The fourth-order valence-electron chi connectivity index (χ4n) is 4.36. The molecule has 0 bridgehead atoms. The van der Waals surface area contributed by atoms with Crippen LogP contribution in [0.5, 0.6) is 0 Å². The second-order valence-electron chi connectivity index (χ2n) is 7.89. The zero-order chi connectivity index (χ0) is 21.8. The predicted octanol–water partition coefficient (Wildman–Crippen LogP) is 3.33. The van der Waals surface area contributed by atoms with E-state index in [-0.39, 0.29) is 35.0 Å². The minimum atomic E-state index is -0.389. The van der Waals surface area contributed by atoms with Crippen LogP contribution in [-0.4, -0.2) is 43.0 Å². The molecule has 2 aromatic rings. The molecule has 8 heteroatoms. The first-order valence-corrected chi connectivity index (χ1v) is 10.6. The molecule has 4 rings (SSSR count). The summed E-state index contributed by atoms with van der Waals surface area (Å²) in [6.07, 6.45) is 2.90. The van der Waals surface area contributed by atoms with Gasteiger partial charge in [0.1, 0.15) is 5.69 Å². The number of piperidine rings is 1. The molecule has 1 saturated heterocycles. The molecule has 0 unspecified atom stereocenters. The smallest absolute Gasteiger partial charge is 0.309 e. The van der Waals surface area contributed by atoms with Gasteiger partial charge in [-0.1, -0.05) is 30.3 Å². The normalized spacial score (nSPS) is 16.5. The number of carbonyl (C=O) groups is 2. The number of benzene rings is 2. The third-order valence-corrected chi connectivity index (χ3v) is 6.00. The van der Waals surface area contributed by atoms with Crippen molar-refractivity contribution in [3.8, 4) is 0 Å². The van der Waals surface area contributed by atoms with E-state index in [4.69, 9.17) is 4.74 Å². The molecule has 0 N–H and O–H groups in total. The van der Waals surface area contributed by atoms with Gasteiger partial charge < -0.3 is 14.5 Å². The third-order valence-electron chi connectivity index (χ3n) is 6.00. The third kappa shape index (κ3) is 4.52. The van der Waals surface area contributed by atoms with E-state index >= 15 is 0 Å². The van der Waals surface area contributed by atoms with Crippen LogP contribution in [0, 0.1) is 16.0 Å². The van der Waals surface area contributed by atoms with E-state index < -0.39 is 0 Å². The van der Waals surface area contributed by atoms with Crippen molar-refractivity contribution in [2.24, 2.45) is 5.92 Å². The summed E-state index contributed by atoms with van der Waals surface area (Å²) >= 11 is 0. The lowest BCUT2D eigenvalue weighted by atomic mass is 9.96. The Bertz CT molecular complexity index is 985. The lowest BCUT2D eigenvalue weighted by molar-refractivity contribution is -0.384. The Morgan fingerprint density at radius 1 is 1.00 bits per heavy atom. The predicted molar refractivity (Wildman–Crippen MR) is 116 cm³/mol. The Morgan fingerprint density at radius 2 is 1.68 bits per heavy atom. The van der Waals surface area contributed by atoms with Gasteiger partial charge in [0.05, 0.1) is 10.8 Å². The molecule has 8 nitrogen and oxygen atoms in total. The summed E-state index contributed by atoms with van der Waals surface area (Å²) in [6, 6.07) is 14.4. The highest BCUT2D eigenvalue weighted by atomic mass is 16.6. The molecule has 162 valence electrons. The van der Waals surface area contributed by atoms with Gasteiger partial charge in [-0.3, -0.25) is 19.7 Å². The molecular formula is C23H25N3O5. The topological polar surface area (TPSA) is 93.0 Å². The molecule has 0 saturated carbocycles. The minimum Gasteiger partial charge on any atom is -0.455 e. The van der Waals surface area contributed by atoms with Crippen LogP contribution in [0.4, 0.5) is 17.1 Å². The van der Waals surface area contributed by atoms with E-state index in [0.717, 1.165) is 24.1 Å². The zero-order valence-electron chi connectivity index (χ0n) is 17.2. The van der Waals surface area contributed by atoms with E-state index in [1.165, 1.54) is 6.07 Å². The summed E-state index contributed by atoms with van der Waals surface area (Å²) in [5.74, 6) is -0.890. The van der Waals surface area contributed by atoms with Crippen LogP contribution in [0.2, 0.25) is 0 Å². The summed E-state index contributed by atoms with van der Waals surface area (Å²) in [7, 11) is 0. The number of nitrogens with zero attached hydrogens (tertiary/aromatic N) is 3. The molecule has 0 spiro atoms. The summed E-state index contributed by atoms with van der Waals surface area (Å²) in [5, 5.41) is 11.3. The van der Waals surface area contributed by atoms with Crippen molar-refractivity contribution in [1.82, 2.24) is 0 Å². The molecule has 2 aliphatic heterocycles. The van der Waals surface area contributed by atoms with Crippen LogP contribution < -0.4 is 9.80 Å². The Morgan fingerprint density at radius 3 is 2.42 bits per heavy atom. The highest BCUT2D eigenvalue weighted by molar-refractivity contribution is 5.96. The van der Waals surface area contributed by atoms with E-state index in [2.05, 4.69) is 0 Å². The summed E-state index contributed by atoms with van der Waals surface area (Å²) in [6.45, 7) is 1.41. The van der Waals surface area contributed by atoms with Gasteiger partial charge in [-0.2, -0.15) is 0 Å². The first-order chi connectivity index (χ1) is 15.0. The van der Waals surface area contributed by atoms with E-state index in [1.54, 1.807) is 23.1 Å².